The Morgan fingerprint density at radius 2 is 2.00 bits per heavy atom. The first-order chi connectivity index (χ1) is 7.25. The van der Waals surface area contributed by atoms with Gasteiger partial charge in [-0.3, -0.25) is 0 Å². The van der Waals surface area contributed by atoms with Crippen LogP contribution in [0.15, 0.2) is 47.1 Å². The first-order valence-electron chi connectivity index (χ1n) is 4.39. The summed E-state index contributed by atoms with van der Waals surface area (Å²) in [4.78, 5) is 3.89. The van der Waals surface area contributed by atoms with E-state index in [0.717, 1.165) is 10.2 Å². The molecule has 0 aliphatic carbocycles. The van der Waals surface area contributed by atoms with Gasteiger partial charge in [-0.25, -0.2) is 4.98 Å². The Morgan fingerprint density at radius 1 is 1.20 bits per heavy atom. The standard InChI is InChI=1S/C11H9BrN2O/c12-9-3-1-2-4-10(9)15-8-5-6-14-11(13)7-8/h1-7H,(H2,13,14). The molecule has 0 saturated carbocycles. The van der Waals surface area contributed by atoms with Crippen molar-refractivity contribution in [3.05, 3.63) is 47.1 Å². The normalized spacial score (nSPS) is 9.93. The Kier molecular flexibility index (Phi) is 2.87. The minimum absolute atomic E-state index is 0.444. The van der Waals surface area contributed by atoms with Crippen LogP contribution in [0, 0.1) is 0 Å². The number of pyridine rings is 1. The van der Waals surface area contributed by atoms with Crippen molar-refractivity contribution in [3.63, 3.8) is 0 Å². The molecule has 76 valence electrons. The molecule has 0 aliphatic rings. The molecule has 3 nitrogen and oxygen atoms in total. The summed E-state index contributed by atoms with van der Waals surface area (Å²) >= 11 is 3.40. The van der Waals surface area contributed by atoms with E-state index in [0.29, 0.717) is 11.6 Å². The van der Waals surface area contributed by atoms with Gasteiger partial charge in [0.05, 0.1) is 4.47 Å². The third kappa shape index (κ3) is 2.47. The van der Waals surface area contributed by atoms with Crippen LogP contribution in [0.2, 0.25) is 0 Å². The molecule has 0 bridgehead atoms. The Hall–Kier alpha value is -1.55. The minimum atomic E-state index is 0.444. The van der Waals surface area contributed by atoms with Gasteiger partial charge in [0.15, 0.2) is 0 Å². The third-order valence-electron chi connectivity index (χ3n) is 1.82. The zero-order chi connectivity index (χ0) is 10.7. The van der Waals surface area contributed by atoms with Gasteiger partial charge in [-0.2, -0.15) is 0 Å². The number of aromatic nitrogens is 1. The molecule has 0 unspecified atom stereocenters. The highest BCUT2D eigenvalue weighted by atomic mass is 79.9. The zero-order valence-corrected chi connectivity index (χ0v) is 9.44. The molecule has 0 atom stereocenters. The molecule has 0 spiro atoms. The summed E-state index contributed by atoms with van der Waals surface area (Å²) in [5.41, 5.74) is 5.55. The topological polar surface area (TPSA) is 48.1 Å². The van der Waals surface area contributed by atoms with Crippen LogP contribution < -0.4 is 10.5 Å². The van der Waals surface area contributed by atoms with E-state index in [9.17, 15) is 0 Å². The molecule has 2 N–H and O–H groups in total. The van der Waals surface area contributed by atoms with E-state index in [-0.39, 0.29) is 0 Å². The molecule has 0 fully saturated rings. The number of ether oxygens (including phenoxy) is 1. The lowest BCUT2D eigenvalue weighted by Gasteiger charge is -2.07. The number of nitrogens with two attached hydrogens (primary N) is 1. The van der Waals surface area contributed by atoms with Crippen molar-refractivity contribution in [3.8, 4) is 11.5 Å². The van der Waals surface area contributed by atoms with Crippen LogP contribution in [-0.4, -0.2) is 4.98 Å². The van der Waals surface area contributed by atoms with Crippen LogP contribution in [0.3, 0.4) is 0 Å². The summed E-state index contributed by atoms with van der Waals surface area (Å²) in [6.45, 7) is 0. The molecule has 0 saturated heterocycles. The molecule has 2 aromatic rings. The number of halogens is 1. The number of benzene rings is 1. The van der Waals surface area contributed by atoms with Crippen molar-refractivity contribution >= 4 is 21.7 Å². The van der Waals surface area contributed by atoms with E-state index in [1.807, 2.05) is 24.3 Å². The lowest BCUT2D eigenvalue weighted by Crippen LogP contribution is -1.91. The Morgan fingerprint density at radius 3 is 2.73 bits per heavy atom. The maximum atomic E-state index is 5.62. The van der Waals surface area contributed by atoms with Crippen molar-refractivity contribution in [2.45, 2.75) is 0 Å². The second kappa shape index (κ2) is 4.31. The molecule has 0 radical (unpaired) electrons. The van der Waals surface area contributed by atoms with Crippen molar-refractivity contribution in [2.24, 2.45) is 0 Å². The van der Waals surface area contributed by atoms with Gasteiger partial charge in [0, 0.05) is 12.3 Å². The summed E-state index contributed by atoms with van der Waals surface area (Å²) < 4.78 is 6.53. The monoisotopic (exact) mass is 264 g/mol. The van der Waals surface area contributed by atoms with Crippen molar-refractivity contribution < 1.29 is 4.74 Å². The second-order valence-electron chi connectivity index (χ2n) is 2.95. The number of rotatable bonds is 2. The van der Waals surface area contributed by atoms with Crippen LogP contribution in [0.25, 0.3) is 0 Å². The van der Waals surface area contributed by atoms with Gasteiger partial charge < -0.3 is 10.5 Å². The smallest absolute Gasteiger partial charge is 0.141 e. The van der Waals surface area contributed by atoms with Gasteiger partial charge in [0.25, 0.3) is 0 Å². The first-order valence-corrected chi connectivity index (χ1v) is 5.19. The molecular weight excluding hydrogens is 256 g/mol. The summed E-state index contributed by atoms with van der Waals surface area (Å²) in [6.07, 6.45) is 1.61. The van der Waals surface area contributed by atoms with Crippen LogP contribution in [0.5, 0.6) is 11.5 Å². The number of nitrogens with zero attached hydrogens (tertiary/aromatic N) is 1. The fourth-order valence-electron chi connectivity index (χ4n) is 1.15. The Bertz CT molecular complexity index is 474. The van der Waals surface area contributed by atoms with Crippen molar-refractivity contribution in [1.29, 1.82) is 0 Å². The van der Waals surface area contributed by atoms with Crippen molar-refractivity contribution in [2.75, 3.05) is 5.73 Å². The van der Waals surface area contributed by atoms with Crippen molar-refractivity contribution in [1.82, 2.24) is 4.98 Å². The lowest BCUT2D eigenvalue weighted by atomic mass is 10.3. The highest BCUT2D eigenvalue weighted by Gasteiger charge is 2.01. The SMILES string of the molecule is Nc1cc(Oc2ccccc2Br)ccn1. The van der Waals surface area contributed by atoms with Gasteiger partial charge in [-0.05, 0) is 34.1 Å². The van der Waals surface area contributed by atoms with E-state index in [4.69, 9.17) is 10.5 Å². The van der Waals surface area contributed by atoms with Gasteiger partial charge >= 0.3 is 0 Å². The average molecular weight is 265 g/mol. The molecule has 2 rings (SSSR count). The van der Waals surface area contributed by atoms with Crippen LogP contribution in [0.1, 0.15) is 0 Å². The van der Waals surface area contributed by atoms with Gasteiger partial charge in [-0.15, -0.1) is 0 Å². The number of nitrogen functional groups attached to an aromatic ring is 1. The zero-order valence-electron chi connectivity index (χ0n) is 7.85. The summed E-state index contributed by atoms with van der Waals surface area (Å²) in [5, 5.41) is 0. The fourth-order valence-corrected chi connectivity index (χ4v) is 1.51. The van der Waals surface area contributed by atoms with E-state index >= 15 is 0 Å². The van der Waals surface area contributed by atoms with Crippen LogP contribution in [-0.2, 0) is 0 Å². The number of para-hydroxylation sites is 1. The summed E-state index contributed by atoms with van der Waals surface area (Å²) in [6, 6.07) is 11.1. The molecule has 1 aromatic heterocycles. The molecule has 0 amide bonds. The third-order valence-corrected chi connectivity index (χ3v) is 2.47. The predicted octanol–water partition coefficient (Wildman–Crippen LogP) is 3.22. The van der Waals surface area contributed by atoms with E-state index < -0.39 is 0 Å². The largest absolute Gasteiger partial charge is 0.456 e. The summed E-state index contributed by atoms with van der Waals surface area (Å²) in [7, 11) is 0. The average Bonchev–Trinajstić information content (AvgIpc) is 2.22. The highest BCUT2D eigenvalue weighted by Crippen LogP contribution is 2.29. The molecule has 1 aromatic carbocycles. The summed E-state index contributed by atoms with van der Waals surface area (Å²) in [5.74, 6) is 1.87. The van der Waals surface area contributed by atoms with Gasteiger partial charge in [-0.1, -0.05) is 12.1 Å². The predicted molar refractivity (Wildman–Crippen MR) is 62.9 cm³/mol. The molecule has 4 heteroatoms. The minimum Gasteiger partial charge on any atom is -0.456 e. The Labute approximate surface area is 96.0 Å². The lowest BCUT2D eigenvalue weighted by molar-refractivity contribution is 0.479. The van der Waals surface area contributed by atoms with Gasteiger partial charge in [0.2, 0.25) is 0 Å². The molecule has 0 aliphatic heterocycles. The molecule has 15 heavy (non-hydrogen) atoms. The van der Waals surface area contributed by atoms with Crippen LogP contribution >= 0.6 is 15.9 Å². The number of hydrogen-bond acceptors (Lipinski definition) is 3. The fraction of sp³-hybridized carbons (Fsp3) is 0. The molecular formula is C11H9BrN2O. The van der Waals surface area contributed by atoms with E-state index in [2.05, 4.69) is 20.9 Å². The maximum Gasteiger partial charge on any atom is 0.141 e. The quantitative estimate of drug-likeness (QED) is 0.906. The number of hydrogen-bond donors (Lipinski definition) is 1. The van der Waals surface area contributed by atoms with Crippen LogP contribution in [0.4, 0.5) is 5.82 Å². The van der Waals surface area contributed by atoms with E-state index in [1.54, 1.807) is 18.3 Å². The Balaban J connectivity index is 2.26. The van der Waals surface area contributed by atoms with Gasteiger partial charge in [0.1, 0.15) is 17.3 Å². The highest BCUT2D eigenvalue weighted by molar-refractivity contribution is 9.10. The molecule has 1 heterocycles. The number of anilines is 1. The first kappa shape index (κ1) is 9.98. The van der Waals surface area contributed by atoms with E-state index in [1.165, 1.54) is 0 Å². The maximum absolute atomic E-state index is 5.62. The second-order valence-corrected chi connectivity index (χ2v) is 3.80.